The highest BCUT2D eigenvalue weighted by Gasteiger charge is 2.16. The lowest BCUT2D eigenvalue weighted by atomic mass is 10.0. The van der Waals surface area contributed by atoms with Gasteiger partial charge in [0, 0.05) is 11.6 Å². The fourth-order valence-electron chi connectivity index (χ4n) is 2.33. The second kappa shape index (κ2) is 4.94. The molecule has 0 fully saturated rings. The highest BCUT2D eigenvalue weighted by molar-refractivity contribution is 5.84. The van der Waals surface area contributed by atoms with Gasteiger partial charge in [-0.2, -0.15) is 0 Å². The van der Waals surface area contributed by atoms with Crippen LogP contribution in [0.4, 0.5) is 0 Å². The van der Waals surface area contributed by atoms with Crippen LogP contribution in [0, 0.1) is 12.8 Å². The van der Waals surface area contributed by atoms with E-state index in [1.807, 2.05) is 45.0 Å². The van der Waals surface area contributed by atoms with Crippen LogP contribution in [0.5, 0.6) is 0 Å². The zero-order valence-electron chi connectivity index (χ0n) is 11.1. The summed E-state index contributed by atoms with van der Waals surface area (Å²) in [5, 5.41) is 11.1. The van der Waals surface area contributed by atoms with Gasteiger partial charge in [0.25, 0.3) is 5.56 Å². The first kappa shape index (κ1) is 12.8. The van der Waals surface area contributed by atoms with Crippen LogP contribution in [0.25, 0.3) is 10.8 Å². The molecule has 0 saturated carbocycles. The standard InChI is InChI=1S/C15H19NO2/c1-10(2)14(9-17)16-8-7-12-11(3)5-4-6-13(12)15(16)18/h4-8,10,14,17H,9H2,1-3H3. The van der Waals surface area contributed by atoms with E-state index >= 15 is 0 Å². The van der Waals surface area contributed by atoms with E-state index in [2.05, 4.69) is 0 Å². The summed E-state index contributed by atoms with van der Waals surface area (Å²) < 4.78 is 1.65. The second-order valence-electron chi connectivity index (χ2n) is 5.06. The monoisotopic (exact) mass is 245 g/mol. The Bertz CT molecular complexity index is 613. The summed E-state index contributed by atoms with van der Waals surface area (Å²) in [5.74, 6) is 0.218. The van der Waals surface area contributed by atoms with Gasteiger partial charge in [-0.05, 0) is 35.9 Å². The van der Waals surface area contributed by atoms with Gasteiger partial charge in [-0.15, -0.1) is 0 Å². The Morgan fingerprint density at radius 2 is 1.94 bits per heavy atom. The molecule has 3 heteroatoms. The number of aliphatic hydroxyl groups excluding tert-OH is 1. The number of hydrogen-bond acceptors (Lipinski definition) is 2. The number of pyridine rings is 1. The highest BCUT2D eigenvalue weighted by Crippen LogP contribution is 2.19. The summed E-state index contributed by atoms with van der Waals surface area (Å²) in [6.07, 6.45) is 1.79. The van der Waals surface area contributed by atoms with Gasteiger partial charge in [-0.1, -0.05) is 26.0 Å². The van der Waals surface area contributed by atoms with Crippen molar-refractivity contribution in [1.29, 1.82) is 0 Å². The lowest BCUT2D eigenvalue weighted by molar-refractivity contribution is 0.190. The summed E-state index contributed by atoms with van der Waals surface area (Å²) in [5.41, 5.74) is 1.07. The molecular formula is C15H19NO2. The number of benzene rings is 1. The van der Waals surface area contributed by atoms with E-state index in [0.717, 1.165) is 16.3 Å². The number of aryl methyl sites for hydroxylation is 1. The van der Waals surface area contributed by atoms with Gasteiger partial charge in [0.2, 0.25) is 0 Å². The molecule has 1 heterocycles. The molecule has 0 radical (unpaired) electrons. The average Bonchev–Trinajstić information content (AvgIpc) is 2.33. The maximum Gasteiger partial charge on any atom is 0.258 e. The predicted molar refractivity (Wildman–Crippen MR) is 73.9 cm³/mol. The molecule has 1 unspecified atom stereocenters. The number of rotatable bonds is 3. The maximum atomic E-state index is 12.4. The first-order valence-corrected chi connectivity index (χ1v) is 6.27. The van der Waals surface area contributed by atoms with E-state index in [1.165, 1.54) is 0 Å². The van der Waals surface area contributed by atoms with Crippen molar-refractivity contribution < 1.29 is 5.11 Å². The van der Waals surface area contributed by atoms with Crippen LogP contribution in [0.1, 0.15) is 25.5 Å². The molecule has 0 aliphatic carbocycles. The molecule has 1 aromatic carbocycles. The van der Waals surface area contributed by atoms with Crippen LogP contribution in [-0.4, -0.2) is 16.3 Å². The molecule has 0 bridgehead atoms. The van der Waals surface area contributed by atoms with E-state index in [9.17, 15) is 9.90 Å². The molecular weight excluding hydrogens is 226 g/mol. The zero-order valence-corrected chi connectivity index (χ0v) is 11.1. The highest BCUT2D eigenvalue weighted by atomic mass is 16.3. The first-order valence-electron chi connectivity index (χ1n) is 6.27. The van der Waals surface area contributed by atoms with Gasteiger partial charge in [-0.3, -0.25) is 4.79 Å². The molecule has 0 aliphatic heterocycles. The third kappa shape index (κ3) is 2.06. The number of nitrogens with zero attached hydrogens (tertiary/aromatic N) is 1. The number of aromatic nitrogens is 1. The van der Waals surface area contributed by atoms with Gasteiger partial charge in [0.05, 0.1) is 12.6 Å². The molecule has 2 aromatic rings. The van der Waals surface area contributed by atoms with E-state index in [1.54, 1.807) is 10.8 Å². The van der Waals surface area contributed by atoms with Gasteiger partial charge in [0.15, 0.2) is 0 Å². The van der Waals surface area contributed by atoms with Crippen molar-refractivity contribution in [3.63, 3.8) is 0 Å². The molecule has 18 heavy (non-hydrogen) atoms. The number of fused-ring (bicyclic) bond motifs is 1. The Kier molecular flexibility index (Phi) is 3.53. The third-order valence-corrected chi connectivity index (χ3v) is 3.50. The average molecular weight is 245 g/mol. The van der Waals surface area contributed by atoms with Crippen molar-refractivity contribution >= 4 is 10.8 Å². The SMILES string of the molecule is Cc1cccc2c(=O)n(C(CO)C(C)C)ccc12. The lowest BCUT2D eigenvalue weighted by Gasteiger charge is -2.21. The minimum absolute atomic E-state index is 0.0190. The Labute approximate surface area is 107 Å². The molecule has 96 valence electrons. The predicted octanol–water partition coefficient (Wildman–Crippen LogP) is 2.50. The molecule has 0 amide bonds. The summed E-state index contributed by atoms with van der Waals surface area (Å²) in [7, 11) is 0. The normalized spacial score (nSPS) is 13.2. The maximum absolute atomic E-state index is 12.4. The van der Waals surface area contributed by atoms with Crippen LogP contribution in [-0.2, 0) is 0 Å². The number of hydrogen-bond donors (Lipinski definition) is 1. The van der Waals surface area contributed by atoms with Gasteiger partial charge >= 0.3 is 0 Å². The van der Waals surface area contributed by atoms with Crippen molar-refractivity contribution in [3.8, 4) is 0 Å². The van der Waals surface area contributed by atoms with E-state index in [-0.39, 0.29) is 24.1 Å². The van der Waals surface area contributed by atoms with E-state index < -0.39 is 0 Å². The fourth-order valence-corrected chi connectivity index (χ4v) is 2.33. The van der Waals surface area contributed by atoms with Crippen molar-refractivity contribution in [2.24, 2.45) is 5.92 Å². The van der Waals surface area contributed by atoms with Crippen molar-refractivity contribution in [1.82, 2.24) is 4.57 Å². The van der Waals surface area contributed by atoms with Crippen molar-refractivity contribution in [2.45, 2.75) is 26.8 Å². The molecule has 3 nitrogen and oxygen atoms in total. The van der Waals surface area contributed by atoms with Gasteiger partial charge in [-0.25, -0.2) is 0 Å². The fraction of sp³-hybridized carbons (Fsp3) is 0.400. The van der Waals surface area contributed by atoms with Crippen LogP contribution < -0.4 is 5.56 Å². The van der Waals surface area contributed by atoms with E-state index in [0.29, 0.717) is 0 Å². The van der Waals surface area contributed by atoms with Crippen molar-refractivity contribution in [3.05, 3.63) is 46.4 Å². The lowest BCUT2D eigenvalue weighted by Crippen LogP contribution is -2.29. The topological polar surface area (TPSA) is 42.2 Å². The largest absolute Gasteiger partial charge is 0.394 e. The molecule has 2 rings (SSSR count). The van der Waals surface area contributed by atoms with Crippen molar-refractivity contribution in [2.75, 3.05) is 6.61 Å². The van der Waals surface area contributed by atoms with Crippen LogP contribution in [0.3, 0.4) is 0 Å². The number of aliphatic hydroxyl groups is 1. The molecule has 1 N–H and O–H groups in total. The second-order valence-corrected chi connectivity index (χ2v) is 5.06. The minimum atomic E-state index is -0.164. The summed E-state index contributed by atoms with van der Waals surface area (Å²) >= 11 is 0. The van der Waals surface area contributed by atoms with Gasteiger partial charge < -0.3 is 9.67 Å². The summed E-state index contributed by atoms with van der Waals surface area (Å²) in [4.78, 5) is 12.4. The van der Waals surface area contributed by atoms with Crippen LogP contribution >= 0.6 is 0 Å². The first-order chi connectivity index (χ1) is 8.56. The molecule has 0 aliphatic rings. The smallest absolute Gasteiger partial charge is 0.258 e. The van der Waals surface area contributed by atoms with Crippen LogP contribution in [0.15, 0.2) is 35.3 Å². The van der Waals surface area contributed by atoms with Gasteiger partial charge in [0.1, 0.15) is 0 Å². The Hall–Kier alpha value is -1.61. The molecule has 0 spiro atoms. The Balaban J connectivity index is 2.69. The Morgan fingerprint density at radius 1 is 1.22 bits per heavy atom. The molecule has 0 saturated heterocycles. The van der Waals surface area contributed by atoms with Crippen LogP contribution in [0.2, 0.25) is 0 Å². The quantitative estimate of drug-likeness (QED) is 0.902. The zero-order chi connectivity index (χ0) is 13.3. The van der Waals surface area contributed by atoms with E-state index in [4.69, 9.17) is 0 Å². The Morgan fingerprint density at radius 3 is 2.56 bits per heavy atom. The summed E-state index contributed by atoms with van der Waals surface area (Å²) in [6.45, 7) is 5.99. The molecule has 1 aromatic heterocycles. The third-order valence-electron chi connectivity index (χ3n) is 3.50. The molecule has 1 atom stereocenters. The minimum Gasteiger partial charge on any atom is -0.394 e. The summed E-state index contributed by atoms with van der Waals surface area (Å²) in [6, 6.07) is 7.53.